The van der Waals surface area contributed by atoms with Crippen molar-refractivity contribution < 1.29 is 22.7 Å². The maximum Gasteiger partial charge on any atom is 0.422 e. The molecule has 2 aliphatic carbocycles. The second-order valence-electron chi connectivity index (χ2n) is 15.9. The number of anilines is 2. The minimum atomic E-state index is -4.55. The topological polar surface area (TPSA) is 117 Å². The maximum absolute atomic E-state index is 14.1. The fourth-order valence-electron chi connectivity index (χ4n) is 9.34. The number of halogens is 3. The number of H-pyrrole nitrogens is 1. The smallest absolute Gasteiger partial charge is 0.422 e. The van der Waals surface area contributed by atoms with Gasteiger partial charge in [0.1, 0.15) is 11.3 Å². The highest BCUT2D eigenvalue weighted by Crippen LogP contribution is 2.54. The fraction of sp³-hybridized carbons (Fsp3) is 0.526. The SMILES string of the molecule is C=CC(=O)N1CC2(CCN(c3nc(N4CC5(CC[C@H](N)C5)C4)nc4c(OCC(F)(F)F)c(-c5c(C)ccc6[nH]ncc56)c(C5CC5)cc34)CC2)C1. The summed E-state index contributed by atoms with van der Waals surface area (Å²) in [6, 6.07) is 6.23. The molecule has 2 spiro atoms. The highest BCUT2D eigenvalue weighted by atomic mass is 19.4. The summed E-state index contributed by atoms with van der Waals surface area (Å²) in [5, 5.41) is 8.87. The number of aromatic amines is 1. The molecule has 1 amide bonds. The summed E-state index contributed by atoms with van der Waals surface area (Å²) in [4.78, 5) is 28.8. The van der Waals surface area contributed by atoms with Crippen LogP contribution in [0.25, 0.3) is 32.9 Å². The van der Waals surface area contributed by atoms with Crippen molar-refractivity contribution in [3.8, 4) is 16.9 Å². The van der Waals surface area contributed by atoms with E-state index in [2.05, 4.69) is 32.6 Å². The Morgan fingerprint density at radius 3 is 2.47 bits per heavy atom. The first-order valence-corrected chi connectivity index (χ1v) is 18.1. The summed E-state index contributed by atoms with van der Waals surface area (Å²) in [7, 11) is 0. The molecule has 10 nitrogen and oxygen atoms in total. The third kappa shape index (κ3) is 5.59. The van der Waals surface area contributed by atoms with Crippen LogP contribution in [0.3, 0.4) is 0 Å². The van der Waals surface area contributed by atoms with Crippen LogP contribution in [0.15, 0.2) is 37.1 Å². The van der Waals surface area contributed by atoms with Crippen LogP contribution in [0.4, 0.5) is 24.9 Å². The molecule has 2 aromatic heterocycles. The predicted octanol–water partition coefficient (Wildman–Crippen LogP) is 6.23. The van der Waals surface area contributed by atoms with Crippen LogP contribution >= 0.6 is 0 Å². The summed E-state index contributed by atoms with van der Waals surface area (Å²) in [5.74, 6) is 1.53. The lowest BCUT2D eigenvalue weighted by atomic mass is 9.72. The molecule has 0 radical (unpaired) electrons. The van der Waals surface area contributed by atoms with Gasteiger partial charge in [-0.25, -0.2) is 4.98 Å². The number of benzene rings is 2. The average Bonchev–Trinajstić information content (AvgIpc) is 3.68. The molecule has 268 valence electrons. The molecule has 5 aliphatic rings. The van der Waals surface area contributed by atoms with Crippen LogP contribution in [0, 0.1) is 17.8 Å². The summed E-state index contributed by atoms with van der Waals surface area (Å²) in [5.41, 5.74) is 11.1. The molecule has 3 N–H and O–H groups in total. The molecule has 13 heteroatoms. The van der Waals surface area contributed by atoms with E-state index < -0.39 is 12.8 Å². The van der Waals surface area contributed by atoms with E-state index in [9.17, 15) is 18.0 Å². The highest BCUT2D eigenvalue weighted by Gasteiger charge is 2.49. The Bertz CT molecular complexity index is 2050. The van der Waals surface area contributed by atoms with Gasteiger partial charge >= 0.3 is 6.18 Å². The molecule has 4 aromatic rings. The summed E-state index contributed by atoms with van der Waals surface area (Å²) >= 11 is 0. The summed E-state index contributed by atoms with van der Waals surface area (Å²) in [6.45, 7) is 8.56. The van der Waals surface area contributed by atoms with Gasteiger partial charge in [-0.2, -0.15) is 23.3 Å². The number of alkyl halides is 3. The Balaban J connectivity index is 1.20. The lowest BCUT2D eigenvalue weighted by Gasteiger charge is -2.54. The molecule has 2 saturated carbocycles. The van der Waals surface area contributed by atoms with E-state index in [1.807, 2.05) is 24.0 Å². The van der Waals surface area contributed by atoms with E-state index in [0.29, 0.717) is 48.6 Å². The molecule has 5 heterocycles. The van der Waals surface area contributed by atoms with E-state index in [1.54, 1.807) is 6.20 Å². The van der Waals surface area contributed by atoms with Gasteiger partial charge in [-0.3, -0.25) is 9.89 Å². The van der Waals surface area contributed by atoms with E-state index in [0.717, 1.165) is 91.4 Å². The highest BCUT2D eigenvalue weighted by molar-refractivity contribution is 6.06. The second kappa shape index (κ2) is 11.6. The number of hydrogen-bond acceptors (Lipinski definition) is 8. The molecule has 0 bridgehead atoms. The largest absolute Gasteiger partial charge is 0.481 e. The normalized spacial score (nSPS) is 22.5. The van der Waals surface area contributed by atoms with E-state index >= 15 is 0 Å². The number of aromatic nitrogens is 4. The number of ether oxygens (including phenoxy) is 1. The van der Waals surface area contributed by atoms with Gasteiger partial charge in [0.2, 0.25) is 11.9 Å². The quantitative estimate of drug-likeness (QED) is 0.218. The number of fused-ring (bicyclic) bond motifs is 2. The zero-order valence-corrected chi connectivity index (χ0v) is 28.9. The van der Waals surface area contributed by atoms with Gasteiger partial charge in [-0.05, 0) is 92.7 Å². The number of piperidine rings is 1. The Morgan fingerprint density at radius 1 is 1.04 bits per heavy atom. The number of carbonyl (C=O) groups excluding carboxylic acids is 1. The monoisotopic (exact) mass is 700 g/mol. The molecule has 5 fully saturated rings. The van der Waals surface area contributed by atoms with Crippen molar-refractivity contribution in [3.05, 3.63) is 48.2 Å². The zero-order valence-electron chi connectivity index (χ0n) is 28.9. The first-order valence-electron chi connectivity index (χ1n) is 18.1. The standard InChI is InChI=1S/C38H43F3N8O2/c1-3-29(50)48-17-36(18-48)10-12-47(13-11-36)34-26-14-25(23-5-6-23)31(30-22(2)4-7-28-27(30)16-43-46-28)33(51-21-38(39,40)41)32(26)44-35(45-34)49-19-37(20-49)9-8-24(42)15-37/h3-4,7,14,16,23-24H,1,5-6,8-13,15,17-21,42H2,2H3,(H,43,46)/t24-/m0/s1. The van der Waals surface area contributed by atoms with Gasteiger partial charge in [0.25, 0.3) is 0 Å². The summed E-state index contributed by atoms with van der Waals surface area (Å²) in [6.07, 6.45) is 5.19. The van der Waals surface area contributed by atoms with E-state index in [1.165, 1.54) is 6.08 Å². The molecule has 51 heavy (non-hydrogen) atoms. The first kappa shape index (κ1) is 32.5. The number of carbonyl (C=O) groups is 1. The Labute approximate surface area is 294 Å². The number of likely N-dealkylation sites (tertiary alicyclic amines) is 1. The predicted molar refractivity (Wildman–Crippen MR) is 190 cm³/mol. The minimum Gasteiger partial charge on any atom is -0.481 e. The number of amides is 1. The molecular weight excluding hydrogens is 657 g/mol. The van der Waals surface area contributed by atoms with Gasteiger partial charge in [-0.15, -0.1) is 0 Å². The second-order valence-corrected chi connectivity index (χ2v) is 15.9. The number of hydrogen-bond donors (Lipinski definition) is 2. The lowest BCUT2D eigenvalue weighted by molar-refractivity contribution is -0.153. The van der Waals surface area contributed by atoms with Crippen LogP contribution in [-0.4, -0.2) is 89.1 Å². The number of nitrogens with zero attached hydrogens (tertiary/aromatic N) is 6. The van der Waals surface area contributed by atoms with Crippen LogP contribution in [0.5, 0.6) is 5.75 Å². The molecular formula is C38H43F3N8O2. The molecule has 0 unspecified atom stereocenters. The van der Waals surface area contributed by atoms with Crippen LogP contribution in [0.2, 0.25) is 0 Å². The third-order valence-electron chi connectivity index (χ3n) is 12.2. The van der Waals surface area contributed by atoms with Crippen molar-refractivity contribution in [1.82, 2.24) is 25.1 Å². The van der Waals surface area contributed by atoms with Gasteiger partial charge in [-0.1, -0.05) is 12.6 Å². The van der Waals surface area contributed by atoms with Crippen molar-refractivity contribution in [2.24, 2.45) is 16.6 Å². The van der Waals surface area contributed by atoms with Gasteiger partial charge < -0.3 is 25.2 Å². The van der Waals surface area contributed by atoms with Gasteiger partial charge in [0.15, 0.2) is 12.4 Å². The Hall–Kier alpha value is -4.39. The number of rotatable bonds is 7. The molecule has 3 aliphatic heterocycles. The fourth-order valence-corrected chi connectivity index (χ4v) is 9.34. The van der Waals surface area contributed by atoms with Crippen molar-refractivity contribution in [3.63, 3.8) is 0 Å². The molecule has 3 saturated heterocycles. The van der Waals surface area contributed by atoms with Crippen molar-refractivity contribution in [2.45, 2.75) is 70.0 Å². The van der Waals surface area contributed by atoms with Crippen molar-refractivity contribution in [1.29, 1.82) is 0 Å². The summed E-state index contributed by atoms with van der Waals surface area (Å²) < 4.78 is 48.1. The lowest BCUT2D eigenvalue weighted by Crippen LogP contribution is -2.61. The van der Waals surface area contributed by atoms with Crippen LogP contribution in [0.1, 0.15) is 62.0 Å². The van der Waals surface area contributed by atoms with Gasteiger partial charge in [0.05, 0.1) is 11.7 Å². The zero-order chi connectivity index (χ0) is 35.3. The third-order valence-corrected chi connectivity index (χ3v) is 12.2. The van der Waals surface area contributed by atoms with Crippen molar-refractivity contribution >= 4 is 39.5 Å². The molecule has 9 rings (SSSR count). The minimum absolute atomic E-state index is 0.0406. The molecule has 2 aromatic carbocycles. The maximum atomic E-state index is 14.1. The van der Waals surface area contributed by atoms with Crippen molar-refractivity contribution in [2.75, 3.05) is 55.7 Å². The van der Waals surface area contributed by atoms with Gasteiger partial charge in [0, 0.05) is 72.5 Å². The average molecular weight is 701 g/mol. The number of nitrogens with one attached hydrogen (secondary N) is 1. The number of nitrogens with two attached hydrogens (primary N) is 1. The van der Waals surface area contributed by atoms with E-state index in [-0.39, 0.29) is 34.4 Å². The Morgan fingerprint density at radius 2 is 1.80 bits per heavy atom. The van der Waals surface area contributed by atoms with Crippen LogP contribution < -0.4 is 20.3 Å². The number of aryl methyl sites for hydroxylation is 1. The van der Waals surface area contributed by atoms with E-state index in [4.69, 9.17) is 20.4 Å². The Kier molecular flexibility index (Phi) is 7.37. The van der Waals surface area contributed by atoms with Crippen LogP contribution in [-0.2, 0) is 4.79 Å². The molecule has 1 atom stereocenters. The first-order chi connectivity index (χ1) is 24.4.